The number of carbonyl (C=O) groups is 1. The highest BCUT2D eigenvalue weighted by Crippen LogP contribution is 2.25. The van der Waals surface area contributed by atoms with Gasteiger partial charge >= 0.3 is 0 Å². The molecule has 0 bridgehead atoms. The summed E-state index contributed by atoms with van der Waals surface area (Å²) in [5.74, 6) is 1.14. The van der Waals surface area contributed by atoms with Crippen molar-refractivity contribution in [2.24, 2.45) is 0 Å². The van der Waals surface area contributed by atoms with Gasteiger partial charge in [0.2, 0.25) is 0 Å². The quantitative estimate of drug-likeness (QED) is 0.518. The monoisotopic (exact) mass is 399 g/mol. The van der Waals surface area contributed by atoms with E-state index in [1.54, 1.807) is 36.3 Å². The van der Waals surface area contributed by atoms with Crippen LogP contribution in [0.1, 0.15) is 15.9 Å². The predicted octanol–water partition coefficient (Wildman–Crippen LogP) is 3.46. The number of nitrogens with one attached hydrogen (secondary N) is 1. The molecule has 4 aromatic rings. The third kappa shape index (κ3) is 4.15. The van der Waals surface area contributed by atoms with E-state index in [1.165, 1.54) is 0 Å². The van der Waals surface area contributed by atoms with Crippen molar-refractivity contribution in [3.8, 4) is 22.7 Å². The van der Waals surface area contributed by atoms with Gasteiger partial charge in [-0.2, -0.15) is 5.10 Å². The van der Waals surface area contributed by atoms with Crippen LogP contribution in [0.5, 0.6) is 5.75 Å². The maximum Gasteiger partial charge on any atom is 0.251 e. The van der Waals surface area contributed by atoms with Gasteiger partial charge in [0.15, 0.2) is 0 Å². The van der Waals surface area contributed by atoms with Crippen LogP contribution in [0.25, 0.3) is 16.9 Å². The molecule has 0 spiro atoms. The maximum atomic E-state index is 12.4. The number of nitrogen functional groups attached to an aromatic ring is 1. The van der Waals surface area contributed by atoms with Gasteiger partial charge in [-0.25, -0.2) is 4.68 Å². The van der Waals surface area contributed by atoms with Crippen LogP contribution in [0.3, 0.4) is 0 Å². The second-order valence-electron chi connectivity index (χ2n) is 6.69. The molecule has 0 aliphatic carbocycles. The van der Waals surface area contributed by atoms with Gasteiger partial charge in [-0.1, -0.05) is 6.07 Å². The number of methoxy groups -OCH3 is 1. The number of carbonyl (C=O) groups excluding carboxylic acids is 1. The Morgan fingerprint density at radius 1 is 1.10 bits per heavy atom. The minimum Gasteiger partial charge on any atom is -0.497 e. The normalized spacial score (nSPS) is 10.6. The van der Waals surface area contributed by atoms with E-state index in [9.17, 15) is 4.79 Å². The molecule has 0 atom stereocenters. The van der Waals surface area contributed by atoms with Gasteiger partial charge in [-0.3, -0.25) is 9.78 Å². The standard InChI is InChI=1S/C23H21N5O2/c1-30-20-10-6-17(7-11-20)21-13-22(24)28(27-21)19-8-4-18(5-9-19)23(29)26-15-16-3-2-12-25-14-16/h2-14H,15,24H2,1H3,(H,26,29). The summed E-state index contributed by atoms with van der Waals surface area (Å²) in [7, 11) is 1.63. The number of nitrogens with two attached hydrogens (primary N) is 1. The number of ether oxygens (including phenoxy) is 1. The molecule has 0 aliphatic rings. The summed E-state index contributed by atoms with van der Waals surface area (Å²) in [4.78, 5) is 16.4. The van der Waals surface area contributed by atoms with E-state index >= 15 is 0 Å². The van der Waals surface area contributed by atoms with Crippen molar-refractivity contribution in [1.29, 1.82) is 0 Å². The van der Waals surface area contributed by atoms with E-state index in [0.717, 1.165) is 28.3 Å². The molecule has 0 saturated heterocycles. The maximum absolute atomic E-state index is 12.4. The minimum absolute atomic E-state index is 0.155. The Kier molecular flexibility index (Phi) is 5.43. The summed E-state index contributed by atoms with van der Waals surface area (Å²) >= 11 is 0. The topological polar surface area (TPSA) is 95.1 Å². The minimum atomic E-state index is -0.155. The first-order valence-electron chi connectivity index (χ1n) is 9.41. The Hall–Kier alpha value is -4.13. The third-order valence-corrected chi connectivity index (χ3v) is 4.67. The first-order valence-corrected chi connectivity index (χ1v) is 9.41. The number of rotatable bonds is 6. The number of aromatic nitrogens is 3. The number of hydrogen-bond acceptors (Lipinski definition) is 5. The molecule has 150 valence electrons. The Labute approximate surface area is 174 Å². The molecule has 3 N–H and O–H groups in total. The summed E-state index contributed by atoms with van der Waals surface area (Å²) in [5.41, 5.74) is 10.1. The second kappa shape index (κ2) is 8.48. The van der Waals surface area contributed by atoms with Crippen LogP contribution in [0.2, 0.25) is 0 Å². The van der Waals surface area contributed by atoms with Gasteiger partial charge in [-0.05, 0) is 60.2 Å². The number of pyridine rings is 1. The molecule has 4 rings (SSSR count). The van der Waals surface area contributed by atoms with E-state index in [2.05, 4.69) is 15.4 Å². The van der Waals surface area contributed by atoms with Crippen LogP contribution in [-0.2, 0) is 6.54 Å². The van der Waals surface area contributed by atoms with Crippen LogP contribution < -0.4 is 15.8 Å². The fourth-order valence-electron chi connectivity index (χ4n) is 3.05. The number of benzene rings is 2. The van der Waals surface area contributed by atoms with Gasteiger partial charge in [0.25, 0.3) is 5.91 Å². The van der Waals surface area contributed by atoms with Crippen molar-refractivity contribution in [2.45, 2.75) is 6.54 Å². The number of anilines is 1. The van der Waals surface area contributed by atoms with Crippen molar-refractivity contribution in [1.82, 2.24) is 20.1 Å². The summed E-state index contributed by atoms with van der Waals surface area (Å²) in [5, 5.41) is 7.48. The van der Waals surface area contributed by atoms with Gasteiger partial charge in [0.1, 0.15) is 11.6 Å². The Balaban J connectivity index is 1.48. The molecule has 0 aliphatic heterocycles. The number of nitrogens with zero attached hydrogens (tertiary/aromatic N) is 3. The zero-order valence-corrected chi connectivity index (χ0v) is 16.4. The summed E-state index contributed by atoms with van der Waals surface area (Å²) in [6.07, 6.45) is 3.43. The zero-order valence-electron chi connectivity index (χ0n) is 16.4. The van der Waals surface area contributed by atoms with Crippen LogP contribution in [0.15, 0.2) is 79.1 Å². The highest BCUT2D eigenvalue weighted by molar-refractivity contribution is 5.94. The molecule has 0 unspecified atom stereocenters. The molecule has 0 radical (unpaired) electrons. The zero-order chi connectivity index (χ0) is 20.9. The molecule has 2 aromatic carbocycles. The van der Waals surface area contributed by atoms with Gasteiger partial charge in [0, 0.05) is 36.1 Å². The molecule has 0 saturated carbocycles. The molecule has 1 amide bonds. The predicted molar refractivity (Wildman–Crippen MR) is 115 cm³/mol. The molecule has 2 heterocycles. The van der Waals surface area contributed by atoms with Gasteiger partial charge in [0.05, 0.1) is 18.5 Å². The average Bonchev–Trinajstić information content (AvgIpc) is 3.20. The lowest BCUT2D eigenvalue weighted by Gasteiger charge is -2.07. The molecular formula is C23H21N5O2. The lowest BCUT2D eigenvalue weighted by atomic mass is 10.1. The van der Waals surface area contributed by atoms with Crippen LogP contribution >= 0.6 is 0 Å². The van der Waals surface area contributed by atoms with E-state index in [4.69, 9.17) is 10.5 Å². The summed E-state index contributed by atoms with van der Waals surface area (Å²) < 4.78 is 6.84. The highest BCUT2D eigenvalue weighted by atomic mass is 16.5. The second-order valence-corrected chi connectivity index (χ2v) is 6.69. The first kappa shape index (κ1) is 19.2. The van der Waals surface area contributed by atoms with Crippen LogP contribution in [0, 0.1) is 0 Å². The summed E-state index contributed by atoms with van der Waals surface area (Å²) in [6.45, 7) is 0.422. The lowest BCUT2D eigenvalue weighted by molar-refractivity contribution is 0.0951. The molecule has 7 nitrogen and oxygen atoms in total. The fourth-order valence-corrected chi connectivity index (χ4v) is 3.05. The van der Waals surface area contributed by atoms with E-state index in [1.807, 2.05) is 54.6 Å². The van der Waals surface area contributed by atoms with Crippen molar-refractivity contribution in [3.63, 3.8) is 0 Å². The summed E-state index contributed by atoms with van der Waals surface area (Å²) in [6, 6.07) is 20.3. The van der Waals surface area contributed by atoms with E-state index in [0.29, 0.717) is 17.9 Å². The number of amides is 1. The first-order chi connectivity index (χ1) is 14.6. The van der Waals surface area contributed by atoms with Crippen molar-refractivity contribution < 1.29 is 9.53 Å². The van der Waals surface area contributed by atoms with Crippen molar-refractivity contribution >= 4 is 11.7 Å². The van der Waals surface area contributed by atoms with E-state index in [-0.39, 0.29) is 5.91 Å². The SMILES string of the molecule is COc1ccc(-c2cc(N)n(-c3ccc(C(=O)NCc4cccnc4)cc3)n2)cc1. The van der Waals surface area contributed by atoms with Crippen molar-refractivity contribution in [2.75, 3.05) is 12.8 Å². The largest absolute Gasteiger partial charge is 0.497 e. The molecule has 30 heavy (non-hydrogen) atoms. The van der Waals surface area contributed by atoms with E-state index < -0.39 is 0 Å². The Morgan fingerprint density at radius 3 is 2.53 bits per heavy atom. The third-order valence-electron chi connectivity index (χ3n) is 4.67. The molecular weight excluding hydrogens is 378 g/mol. The van der Waals surface area contributed by atoms with Gasteiger partial charge in [-0.15, -0.1) is 0 Å². The van der Waals surface area contributed by atoms with Gasteiger partial charge < -0.3 is 15.8 Å². The smallest absolute Gasteiger partial charge is 0.251 e. The number of hydrogen-bond donors (Lipinski definition) is 2. The molecule has 0 fully saturated rings. The molecule has 2 aromatic heterocycles. The lowest BCUT2D eigenvalue weighted by Crippen LogP contribution is -2.22. The Bertz CT molecular complexity index is 1140. The average molecular weight is 399 g/mol. The fraction of sp³-hybridized carbons (Fsp3) is 0.0870. The highest BCUT2D eigenvalue weighted by Gasteiger charge is 2.11. The van der Waals surface area contributed by atoms with Crippen LogP contribution in [0.4, 0.5) is 5.82 Å². The van der Waals surface area contributed by atoms with Crippen molar-refractivity contribution in [3.05, 3.63) is 90.3 Å². The Morgan fingerprint density at radius 2 is 1.87 bits per heavy atom. The van der Waals surface area contributed by atoms with Crippen LogP contribution in [-0.4, -0.2) is 27.8 Å². The molecule has 7 heteroatoms.